The Kier molecular flexibility index (Phi) is 5.69. The molecule has 1 aliphatic heterocycles. The van der Waals surface area contributed by atoms with Crippen molar-refractivity contribution in [3.63, 3.8) is 0 Å². The summed E-state index contributed by atoms with van der Waals surface area (Å²) in [7, 11) is -1.02. The van der Waals surface area contributed by atoms with Gasteiger partial charge < -0.3 is 4.90 Å². The summed E-state index contributed by atoms with van der Waals surface area (Å²) >= 11 is 0. The van der Waals surface area contributed by atoms with Gasteiger partial charge in [-0.3, -0.25) is 13.7 Å². The summed E-state index contributed by atoms with van der Waals surface area (Å²) < 4.78 is 51.8. The third-order valence-corrected chi connectivity index (χ3v) is 5.92. The van der Waals surface area contributed by atoms with Crippen molar-refractivity contribution in [3.8, 4) is 0 Å². The summed E-state index contributed by atoms with van der Waals surface area (Å²) in [5.74, 6) is 0.548. The van der Waals surface area contributed by atoms with E-state index in [1.165, 1.54) is 12.1 Å². The molecule has 27 heavy (non-hydrogen) atoms. The summed E-state index contributed by atoms with van der Waals surface area (Å²) in [4.78, 5) is 14.5. The fourth-order valence-corrected chi connectivity index (χ4v) is 4.38. The van der Waals surface area contributed by atoms with E-state index < -0.39 is 22.5 Å². The lowest BCUT2D eigenvalue weighted by Gasteiger charge is -2.35. The van der Waals surface area contributed by atoms with Crippen LogP contribution < -0.4 is 0 Å². The fraction of sp³-hybridized carbons (Fsp3) is 0.444. The van der Waals surface area contributed by atoms with E-state index in [9.17, 15) is 22.2 Å². The first kappa shape index (κ1) is 19.6. The van der Waals surface area contributed by atoms with Crippen LogP contribution in [0.3, 0.4) is 0 Å². The molecule has 2 heterocycles. The highest BCUT2D eigenvalue weighted by Gasteiger charge is 2.33. The average Bonchev–Trinajstić information content (AvgIpc) is 3.10. The fourth-order valence-electron chi connectivity index (χ4n) is 3.09. The predicted molar refractivity (Wildman–Crippen MR) is 95.4 cm³/mol. The van der Waals surface area contributed by atoms with Crippen LogP contribution in [0, 0.1) is 0 Å². The van der Waals surface area contributed by atoms with E-state index in [0.29, 0.717) is 30.2 Å². The van der Waals surface area contributed by atoms with Crippen molar-refractivity contribution in [1.29, 1.82) is 0 Å². The summed E-state index contributed by atoms with van der Waals surface area (Å²) in [6.07, 6.45) is -0.881. The van der Waals surface area contributed by atoms with E-state index in [1.807, 2.05) is 13.1 Å². The molecule has 3 rings (SSSR count). The Morgan fingerprint density at radius 3 is 2.59 bits per heavy atom. The van der Waals surface area contributed by atoms with Crippen LogP contribution in [0.15, 0.2) is 36.7 Å². The van der Waals surface area contributed by atoms with E-state index in [-0.39, 0.29) is 18.4 Å². The third kappa shape index (κ3) is 4.58. The van der Waals surface area contributed by atoms with Gasteiger partial charge in [-0.25, -0.2) is 0 Å². The lowest BCUT2D eigenvalue weighted by molar-refractivity contribution is -0.137. The van der Waals surface area contributed by atoms with Crippen LogP contribution in [-0.2, 0) is 34.7 Å². The molecular formula is C18H20F3N3O2S. The van der Waals surface area contributed by atoms with Crippen LogP contribution in [0.25, 0.3) is 0 Å². The van der Waals surface area contributed by atoms with Gasteiger partial charge in [-0.1, -0.05) is 12.1 Å². The maximum atomic E-state index is 12.8. The molecular weight excluding hydrogens is 379 g/mol. The Labute approximate surface area is 157 Å². The number of rotatable bonds is 4. The van der Waals surface area contributed by atoms with Crippen molar-refractivity contribution in [2.45, 2.75) is 32.1 Å². The molecule has 0 aliphatic carbocycles. The third-order valence-electron chi connectivity index (χ3n) is 4.60. The first-order valence-corrected chi connectivity index (χ1v) is 10.1. The van der Waals surface area contributed by atoms with Crippen molar-refractivity contribution < 1.29 is 22.2 Å². The largest absolute Gasteiger partial charge is 0.416 e. The molecule has 1 aliphatic rings. The topological polar surface area (TPSA) is 55.2 Å². The van der Waals surface area contributed by atoms with Gasteiger partial charge in [0.15, 0.2) is 0 Å². The van der Waals surface area contributed by atoms with Gasteiger partial charge in [-0.2, -0.15) is 18.3 Å². The minimum atomic E-state index is -4.40. The van der Waals surface area contributed by atoms with Crippen molar-refractivity contribution in [3.05, 3.63) is 53.3 Å². The molecule has 0 bridgehead atoms. The monoisotopic (exact) mass is 399 g/mol. The summed E-state index contributed by atoms with van der Waals surface area (Å²) in [5.41, 5.74) is 0.602. The Morgan fingerprint density at radius 1 is 1.30 bits per heavy atom. The molecule has 2 atom stereocenters. The molecule has 146 valence electrons. The van der Waals surface area contributed by atoms with Crippen LogP contribution in [-0.4, -0.2) is 42.8 Å². The molecule has 1 amide bonds. The van der Waals surface area contributed by atoms with Crippen LogP contribution in [0.4, 0.5) is 13.2 Å². The maximum absolute atomic E-state index is 12.8. The highest BCUT2D eigenvalue weighted by molar-refractivity contribution is 7.85. The smallest absolute Gasteiger partial charge is 0.333 e. The average molecular weight is 399 g/mol. The second-order valence-corrected chi connectivity index (χ2v) is 8.04. The van der Waals surface area contributed by atoms with E-state index in [2.05, 4.69) is 5.10 Å². The predicted octanol–water partition coefficient (Wildman–Crippen LogP) is 2.80. The molecule has 1 aromatic carbocycles. The van der Waals surface area contributed by atoms with E-state index in [0.717, 1.165) is 17.7 Å². The Morgan fingerprint density at radius 2 is 2.00 bits per heavy atom. The van der Waals surface area contributed by atoms with Gasteiger partial charge in [0, 0.05) is 47.2 Å². The number of hydrogen-bond donors (Lipinski definition) is 0. The van der Waals surface area contributed by atoms with Crippen molar-refractivity contribution in [1.82, 2.24) is 14.7 Å². The number of aryl methyl sites for hydroxylation is 1. The second kappa shape index (κ2) is 7.84. The number of carbonyl (C=O) groups is 1. The lowest BCUT2D eigenvalue weighted by Crippen LogP contribution is -2.45. The van der Waals surface area contributed by atoms with E-state index >= 15 is 0 Å². The van der Waals surface area contributed by atoms with Crippen LogP contribution >= 0.6 is 0 Å². The standard InChI is InChI=1S/C18H20F3N3O2S/c1-2-23-11-14(10-22-23)16-12-27(26)8-7-24(16)17(25)9-13-3-5-15(6-4-13)18(19,20)21/h3-6,10-11,16H,2,7-9,12H2,1H3/t16-,27+/m0/s1. The van der Waals surface area contributed by atoms with Gasteiger partial charge in [0.1, 0.15) is 0 Å². The zero-order valence-electron chi connectivity index (χ0n) is 14.8. The van der Waals surface area contributed by atoms with Crippen molar-refractivity contribution in [2.24, 2.45) is 0 Å². The molecule has 0 N–H and O–H groups in total. The number of benzene rings is 1. The number of nitrogens with zero attached hydrogens (tertiary/aromatic N) is 3. The molecule has 0 saturated carbocycles. The maximum Gasteiger partial charge on any atom is 0.416 e. The zero-order chi connectivity index (χ0) is 19.6. The Bertz CT molecular complexity index is 833. The van der Waals surface area contributed by atoms with Gasteiger partial charge in [0.25, 0.3) is 0 Å². The summed E-state index contributed by atoms with van der Waals surface area (Å²) in [6.45, 7) is 2.99. The van der Waals surface area contributed by atoms with E-state index in [4.69, 9.17) is 0 Å². The molecule has 2 aromatic rings. The highest BCUT2D eigenvalue weighted by Crippen LogP contribution is 2.30. The quantitative estimate of drug-likeness (QED) is 0.795. The van der Waals surface area contributed by atoms with Gasteiger partial charge >= 0.3 is 6.18 Å². The first-order valence-electron chi connectivity index (χ1n) is 8.61. The zero-order valence-corrected chi connectivity index (χ0v) is 15.6. The molecule has 1 fully saturated rings. The summed E-state index contributed by atoms with van der Waals surface area (Å²) in [6, 6.07) is 4.29. The number of amides is 1. The molecule has 0 unspecified atom stereocenters. The lowest BCUT2D eigenvalue weighted by atomic mass is 10.1. The summed E-state index contributed by atoms with van der Waals surface area (Å²) in [5, 5.41) is 4.22. The SMILES string of the molecule is CCn1cc([C@@H]2C[S@](=O)CCN2C(=O)Cc2ccc(C(F)(F)F)cc2)cn1. The van der Waals surface area contributed by atoms with Gasteiger partial charge in [0.2, 0.25) is 5.91 Å². The Hall–Kier alpha value is -2.16. The number of alkyl halides is 3. The van der Waals surface area contributed by atoms with Crippen LogP contribution in [0.5, 0.6) is 0 Å². The van der Waals surface area contributed by atoms with Crippen LogP contribution in [0.1, 0.15) is 29.7 Å². The normalized spacial score (nSPS) is 20.7. The Balaban J connectivity index is 1.76. The van der Waals surface area contributed by atoms with Crippen molar-refractivity contribution >= 4 is 16.7 Å². The van der Waals surface area contributed by atoms with Gasteiger partial charge in [-0.05, 0) is 24.6 Å². The number of aromatic nitrogens is 2. The second-order valence-electron chi connectivity index (χ2n) is 6.41. The molecule has 5 nitrogen and oxygen atoms in total. The minimum Gasteiger partial charge on any atom is -0.333 e. The first-order chi connectivity index (χ1) is 12.8. The minimum absolute atomic E-state index is 0.00316. The molecule has 1 saturated heterocycles. The number of halogens is 3. The number of carbonyl (C=O) groups excluding carboxylic acids is 1. The van der Waals surface area contributed by atoms with Crippen LogP contribution in [0.2, 0.25) is 0 Å². The molecule has 0 spiro atoms. The van der Waals surface area contributed by atoms with E-state index in [1.54, 1.807) is 15.8 Å². The molecule has 0 radical (unpaired) electrons. The van der Waals surface area contributed by atoms with Crippen molar-refractivity contribution in [2.75, 3.05) is 18.1 Å². The number of hydrogen-bond acceptors (Lipinski definition) is 3. The molecule has 1 aromatic heterocycles. The van der Waals surface area contributed by atoms with Gasteiger partial charge in [0.05, 0.1) is 24.2 Å². The highest BCUT2D eigenvalue weighted by atomic mass is 32.2. The molecule has 9 heteroatoms. The van der Waals surface area contributed by atoms with Gasteiger partial charge in [-0.15, -0.1) is 0 Å².